The normalized spacial score (nSPS) is 10.4. The molecule has 10 heavy (non-hydrogen) atoms. The van der Waals surface area contributed by atoms with E-state index in [9.17, 15) is 4.79 Å². The van der Waals surface area contributed by atoms with E-state index >= 15 is 0 Å². The van der Waals surface area contributed by atoms with Gasteiger partial charge in [0.1, 0.15) is 0 Å². The van der Waals surface area contributed by atoms with Crippen LogP contribution in [-0.4, -0.2) is 23.9 Å². The van der Waals surface area contributed by atoms with Gasteiger partial charge < -0.3 is 0 Å². The number of aromatic amines is 1. The van der Waals surface area contributed by atoms with Gasteiger partial charge in [-0.05, 0) is 0 Å². The van der Waals surface area contributed by atoms with Crippen molar-refractivity contribution < 1.29 is 0 Å². The van der Waals surface area contributed by atoms with Crippen LogP contribution in [0.2, 0.25) is 0 Å². The first kappa shape index (κ1) is 6.21. The van der Waals surface area contributed by atoms with Gasteiger partial charge in [-0.2, -0.15) is 0 Å². The van der Waals surface area contributed by atoms with Gasteiger partial charge >= 0.3 is 67.3 Å². The van der Waals surface area contributed by atoms with E-state index in [4.69, 9.17) is 0 Å². The molecule has 1 aromatic heterocycles. The Morgan fingerprint density at radius 2 is 2.10 bits per heavy atom. The van der Waals surface area contributed by atoms with Gasteiger partial charge in [0.15, 0.2) is 0 Å². The molecule has 0 aliphatic heterocycles. The summed E-state index contributed by atoms with van der Waals surface area (Å²) in [6.07, 6.45) is 0. The summed E-state index contributed by atoms with van der Waals surface area (Å²) in [7, 11) is 0. The SMILES string of the molecule is O=c1[nH][te]c2ccccc12. The third-order valence-corrected chi connectivity index (χ3v) is 3.85. The van der Waals surface area contributed by atoms with Crippen molar-refractivity contribution in [1.82, 2.24) is 3.21 Å². The third kappa shape index (κ3) is 0.828. The summed E-state index contributed by atoms with van der Waals surface area (Å²) in [6, 6.07) is 7.78. The average Bonchev–Trinajstić information content (AvgIpc) is 2.34. The monoisotopic (exact) mass is 249 g/mol. The Hall–Kier alpha value is -0.520. The molecule has 1 heterocycles. The molecule has 0 spiro atoms. The van der Waals surface area contributed by atoms with Crippen molar-refractivity contribution in [2.75, 3.05) is 0 Å². The molecule has 1 aromatic carbocycles. The Kier molecular flexibility index (Phi) is 1.40. The zero-order valence-electron chi connectivity index (χ0n) is 5.13. The Labute approximate surface area is 67.5 Å². The van der Waals surface area contributed by atoms with E-state index in [1.165, 1.54) is 3.40 Å². The first-order valence-corrected chi connectivity index (χ1v) is 5.27. The van der Waals surface area contributed by atoms with Crippen molar-refractivity contribution in [3.05, 3.63) is 34.6 Å². The molecule has 1 N–H and O–H groups in total. The van der Waals surface area contributed by atoms with Gasteiger partial charge in [-0.3, -0.25) is 0 Å². The van der Waals surface area contributed by atoms with Gasteiger partial charge in [0.2, 0.25) is 0 Å². The quantitative estimate of drug-likeness (QED) is 0.678. The molecule has 0 aliphatic carbocycles. The number of benzene rings is 1. The Morgan fingerprint density at radius 3 is 2.90 bits per heavy atom. The summed E-state index contributed by atoms with van der Waals surface area (Å²) in [4.78, 5) is 11.0. The molecule has 2 rings (SSSR count). The van der Waals surface area contributed by atoms with Crippen LogP contribution in [0.5, 0.6) is 0 Å². The van der Waals surface area contributed by atoms with Crippen LogP contribution in [0, 0.1) is 0 Å². The number of nitrogens with one attached hydrogen (secondary N) is 1. The standard InChI is InChI=1S/C7H5NOTe/c9-7-5-3-1-2-4-6(5)10-8-7/h1-4H,(H,8,9). The van der Waals surface area contributed by atoms with Gasteiger partial charge in [-0.15, -0.1) is 0 Å². The fraction of sp³-hybridized carbons (Fsp3) is 0. The van der Waals surface area contributed by atoms with Gasteiger partial charge in [0.25, 0.3) is 0 Å². The van der Waals surface area contributed by atoms with E-state index in [2.05, 4.69) is 3.21 Å². The van der Waals surface area contributed by atoms with E-state index in [-0.39, 0.29) is 26.3 Å². The summed E-state index contributed by atoms with van der Waals surface area (Å²) in [5.41, 5.74) is 0.109. The number of H-pyrrole nitrogens is 1. The predicted octanol–water partition coefficient (Wildman–Crippen LogP) is 0.585. The molecule has 0 amide bonds. The van der Waals surface area contributed by atoms with Crippen molar-refractivity contribution in [3.8, 4) is 0 Å². The summed E-state index contributed by atoms with van der Waals surface area (Å²) in [6.45, 7) is 0. The van der Waals surface area contributed by atoms with Crippen LogP contribution in [0.3, 0.4) is 0 Å². The topological polar surface area (TPSA) is 32.9 Å². The van der Waals surface area contributed by atoms with Crippen molar-refractivity contribution in [2.24, 2.45) is 0 Å². The van der Waals surface area contributed by atoms with Crippen LogP contribution in [0.4, 0.5) is 0 Å². The molecular weight excluding hydrogens is 242 g/mol. The first-order chi connectivity index (χ1) is 4.88. The third-order valence-electron chi connectivity index (χ3n) is 1.39. The molecule has 0 unspecified atom stereocenters. The molecule has 0 bridgehead atoms. The van der Waals surface area contributed by atoms with Crippen LogP contribution >= 0.6 is 0 Å². The molecule has 3 heteroatoms. The Morgan fingerprint density at radius 1 is 1.30 bits per heavy atom. The number of fused-ring (bicyclic) bond motifs is 1. The van der Waals surface area contributed by atoms with Gasteiger partial charge in [0, 0.05) is 0 Å². The second kappa shape index (κ2) is 2.26. The minimum absolute atomic E-state index is 0.109. The van der Waals surface area contributed by atoms with E-state index in [1.807, 2.05) is 24.3 Å². The van der Waals surface area contributed by atoms with E-state index in [1.54, 1.807) is 0 Å². The number of hydrogen-bond donors (Lipinski definition) is 1. The molecule has 0 saturated carbocycles. The van der Waals surface area contributed by atoms with Crippen LogP contribution in [0.1, 0.15) is 0 Å². The molecule has 0 aliphatic rings. The van der Waals surface area contributed by atoms with Gasteiger partial charge in [-0.1, -0.05) is 0 Å². The fourth-order valence-electron chi connectivity index (χ4n) is 0.900. The molecule has 2 aromatic rings. The molecular formula is C7H5NOTe. The average molecular weight is 247 g/mol. The van der Waals surface area contributed by atoms with Crippen LogP contribution in [-0.2, 0) is 0 Å². The number of hydrogen-bond acceptors (Lipinski definition) is 1. The van der Waals surface area contributed by atoms with Crippen molar-refractivity contribution >= 4 is 29.5 Å². The Bertz CT molecular complexity index is 401. The maximum atomic E-state index is 11.0. The molecule has 0 saturated heterocycles. The molecule has 0 atom stereocenters. The maximum absolute atomic E-state index is 11.0. The van der Waals surface area contributed by atoms with Gasteiger partial charge in [-0.25, -0.2) is 0 Å². The molecule has 50 valence electrons. The fourth-order valence-corrected chi connectivity index (χ4v) is 2.98. The number of aromatic nitrogens is 1. The Balaban J connectivity index is 3.07. The van der Waals surface area contributed by atoms with Crippen LogP contribution in [0.25, 0.3) is 8.79 Å². The van der Waals surface area contributed by atoms with Crippen molar-refractivity contribution in [1.29, 1.82) is 0 Å². The molecule has 0 radical (unpaired) electrons. The van der Waals surface area contributed by atoms with Crippen LogP contribution in [0.15, 0.2) is 29.1 Å². The predicted molar refractivity (Wildman–Crippen MR) is 41.5 cm³/mol. The second-order valence-corrected chi connectivity index (χ2v) is 4.45. The number of rotatable bonds is 0. The summed E-state index contributed by atoms with van der Waals surface area (Å²) < 4.78 is 4.11. The molecule has 2 nitrogen and oxygen atoms in total. The zero-order chi connectivity index (χ0) is 6.97. The first-order valence-electron chi connectivity index (χ1n) is 2.94. The second-order valence-electron chi connectivity index (χ2n) is 2.03. The van der Waals surface area contributed by atoms with Crippen molar-refractivity contribution in [2.45, 2.75) is 0 Å². The summed E-state index contributed by atoms with van der Waals surface area (Å²) >= 11 is -0.382. The van der Waals surface area contributed by atoms with Crippen LogP contribution < -0.4 is 5.56 Å². The van der Waals surface area contributed by atoms with Crippen molar-refractivity contribution in [3.63, 3.8) is 0 Å². The summed E-state index contributed by atoms with van der Waals surface area (Å²) in [5, 5.41) is 0.880. The zero-order valence-corrected chi connectivity index (χ0v) is 7.46. The summed E-state index contributed by atoms with van der Waals surface area (Å²) in [5.74, 6) is 0. The van der Waals surface area contributed by atoms with E-state index in [0.29, 0.717) is 0 Å². The van der Waals surface area contributed by atoms with E-state index in [0.717, 1.165) is 5.39 Å². The van der Waals surface area contributed by atoms with Gasteiger partial charge in [0.05, 0.1) is 0 Å². The minimum atomic E-state index is -0.382. The van der Waals surface area contributed by atoms with E-state index < -0.39 is 0 Å². The molecule has 0 fully saturated rings.